The van der Waals surface area contributed by atoms with Crippen molar-refractivity contribution in [3.8, 4) is 0 Å². The lowest BCUT2D eigenvalue weighted by Gasteiger charge is -2.18. The Morgan fingerprint density at radius 2 is 1.91 bits per heavy atom. The molecule has 0 amide bonds. The smallest absolute Gasteiger partial charge is 0.118 e. The molecule has 0 aromatic rings. The van der Waals surface area contributed by atoms with Gasteiger partial charge in [-0.3, -0.25) is 0 Å². The van der Waals surface area contributed by atoms with Gasteiger partial charge in [0.2, 0.25) is 0 Å². The molecule has 0 saturated heterocycles. The summed E-state index contributed by atoms with van der Waals surface area (Å²) in [7, 11) is 0. The number of rotatable bonds is 6. The van der Waals surface area contributed by atoms with Crippen LogP contribution in [0.15, 0.2) is 0 Å². The molecule has 1 atom stereocenters. The molecule has 0 aliphatic heterocycles. The largest absolute Gasteiger partial charge is 0.387 e. The highest BCUT2D eigenvalue weighted by molar-refractivity contribution is 4.70. The van der Waals surface area contributed by atoms with E-state index in [0.29, 0.717) is 6.42 Å². The van der Waals surface area contributed by atoms with E-state index in [1.54, 1.807) is 6.92 Å². The van der Waals surface area contributed by atoms with Gasteiger partial charge >= 0.3 is 0 Å². The van der Waals surface area contributed by atoms with Gasteiger partial charge in [-0.15, -0.1) is 0 Å². The fourth-order valence-corrected chi connectivity index (χ4v) is 0.999. The first-order valence-corrected chi connectivity index (χ1v) is 4.41. The van der Waals surface area contributed by atoms with Crippen LogP contribution in [-0.4, -0.2) is 17.4 Å². The predicted octanol–water partition coefficient (Wildman–Crippen LogP) is 2.68. The molecule has 0 saturated carbocycles. The minimum Gasteiger partial charge on any atom is -0.387 e. The Hall–Kier alpha value is -0.110. The summed E-state index contributed by atoms with van der Waals surface area (Å²) in [6.07, 6.45) is 4.99. The topological polar surface area (TPSA) is 20.2 Å². The third-order valence-corrected chi connectivity index (χ3v) is 1.86. The minimum absolute atomic E-state index is 0.587. The molecule has 1 nitrogen and oxygen atoms in total. The summed E-state index contributed by atoms with van der Waals surface area (Å²) in [5, 5.41) is 9.25. The molecule has 0 rings (SSSR count). The molecule has 0 aromatic carbocycles. The molecule has 1 unspecified atom stereocenters. The molecular formula is C9H19FO. The Kier molecular flexibility index (Phi) is 5.47. The summed E-state index contributed by atoms with van der Waals surface area (Å²) in [6, 6.07) is 0. The number of halogens is 1. The lowest BCUT2D eigenvalue weighted by Crippen LogP contribution is -2.26. The number of unbranched alkanes of at least 4 members (excludes halogenated alkanes) is 3. The monoisotopic (exact) mass is 162 g/mol. The van der Waals surface area contributed by atoms with Crippen molar-refractivity contribution in [3.05, 3.63) is 0 Å². The Bertz CT molecular complexity index is 91.6. The van der Waals surface area contributed by atoms with Crippen molar-refractivity contribution in [3.63, 3.8) is 0 Å². The average Bonchev–Trinajstić information content (AvgIpc) is 1.99. The van der Waals surface area contributed by atoms with Crippen molar-refractivity contribution in [2.24, 2.45) is 0 Å². The van der Waals surface area contributed by atoms with E-state index < -0.39 is 12.3 Å². The zero-order valence-corrected chi connectivity index (χ0v) is 7.57. The van der Waals surface area contributed by atoms with Crippen molar-refractivity contribution in [1.29, 1.82) is 0 Å². The number of alkyl halides is 1. The Morgan fingerprint density at radius 1 is 1.27 bits per heavy atom. The van der Waals surface area contributed by atoms with E-state index in [1.807, 2.05) is 0 Å². The van der Waals surface area contributed by atoms with Crippen molar-refractivity contribution in [1.82, 2.24) is 0 Å². The maximum absolute atomic E-state index is 12.0. The van der Waals surface area contributed by atoms with E-state index in [-0.39, 0.29) is 0 Å². The summed E-state index contributed by atoms with van der Waals surface area (Å²) in [4.78, 5) is 0. The molecule has 0 fully saturated rings. The predicted molar refractivity (Wildman–Crippen MR) is 45.4 cm³/mol. The van der Waals surface area contributed by atoms with Gasteiger partial charge in [0.15, 0.2) is 0 Å². The molecule has 68 valence electrons. The average molecular weight is 162 g/mol. The van der Waals surface area contributed by atoms with Crippen LogP contribution in [0.3, 0.4) is 0 Å². The SMILES string of the molecule is CCCCCCC(C)(O)CF. The minimum atomic E-state index is -1.08. The summed E-state index contributed by atoms with van der Waals surface area (Å²) < 4.78 is 12.0. The molecule has 0 bridgehead atoms. The molecule has 0 aliphatic carbocycles. The van der Waals surface area contributed by atoms with Crippen LogP contribution in [-0.2, 0) is 0 Å². The van der Waals surface area contributed by atoms with E-state index >= 15 is 0 Å². The van der Waals surface area contributed by atoms with Gasteiger partial charge in [0.25, 0.3) is 0 Å². The van der Waals surface area contributed by atoms with Gasteiger partial charge in [-0.05, 0) is 13.3 Å². The second-order valence-corrected chi connectivity index (χ2v) is 3.44. The van der Waals surface area contributed by atoms with E-state index in [2.05, 4.69) is 6.92 Å². The molecule has 0 aromatic heterocycles. The third kappa shape index (κ3) is 6.29. The summed E-state index contributed by atoms with van der Waals surface area (Å²) in [6.45, 7) is 3.06. The van der Waals surface area contributed by atoms with E-state index in [0.717, 1.165) is 12.8 Å². The van der Waals surface area contributed by atoms with Crippen LogP contribution in [0.5, 0.6) is 0 Å². The fraction of sp³-hybridized carbons (Fsp3) is 1.00. The molecular weight excluding hydrogens is 143 g/mol. The van der Waals surface area contributed by atoms with Crippen molar-refractivity contribution >= 4 is 0 Å². The van der Waals surface area contributed by atoms with Crippen molar-refractivity contribution < 1.29 is 9.50 Å². The number of aliphatic hydroxyl groups is 1. The fourth-order valence-electron chi connectivity index (χ4n) is 0.999. The van der Waals surface area contributed by atoms with Crippen LogP contribution in [0.1, 0.15) is 46.0 Å². The molecule has 0 radical (unpaired) electrons. The number of hydrogen-bond donors (Lipinski definition) is 1. The lowest BCUT2D eigenvalue weighted by atomic mass is 10.00. The normalized spacial score (nSPS) is 16.4. The molecule has 0 spiro atoms. The summed E-state index contributed by atoms with van der Waals surface area (Å²) in [5.74, 6) is 0. The first-order valence-electron chi connectivity index (χ1n) is 4.41. The second kappa shape index (κ2) is 5.53. The second-order valence-electron chi connectivity index (χ2n) is 3.44. The van der Waals surface area contributed by atoms with Gasteiger partial charge < -0.3 is 5.11 Å². The van der Waals surface area contributed by atoms with Crippen molar-refractivity contribution in [2.45, 2.75) is 51.6 Å². The van der Waals surface area contributed by atoms with E-state index in [9.17, 15) is 9.50 Å². The maximum Gasteiger partial charge on any atom is 0.118 e. The highest BCUT2D eigenvalue weighted by Gasteiger charge is 2.18. The molecule has 0 heterocycles. The molecule has 2 heteroatoms. The first kappa shape index (κ1) is 10.9. The molecule has 0 aliphatic rings. The Morgan fingerprint density at radius 3 is 2.36 bits per heavy atom. The quantitative estimate of drug-likeness (QED) is 0.595. The van der Waals surface area contributed by atoms with Gasteiger partial charge in [-0.25, -0.2) is 4.39 Å². The van der Waals surface area contributed by atoms with Gasteiger partial charge in [-0.2, -0.15) is 0 Å². The van der Waals surface area contributed by atoms with E-state index in [1.165, 1.54) is 12.8 Å². The van der Waals surface area contributed by atoms with Crippen LogP contribution in [0.25, 0.3) is 0 Å². The summed E-state index contributed by atoms with van der Waals surface area (Å²) in [5.41, 5.74) is -1.08. The van der Waals surface area contributed by atoms with Crippen LogP contribution < -0.4 is 0 Å². The van der Waals surface area contributed by atoms with E-state index in [4.69, 9.17) is 0 Å². The Labute approximate surface area is 68.6 Å². The standard InChI is InChI=1S/C9H19FO/c1-3-4-5-6-7-9(2,11)8-10/h11H,3-8H2,1-2H3. The van der Waals surface area contributed by atoms with Gasteiger partial charge in [0.05, 0.1) is 5.60 Å². The van der Waals surface area contributed by atoms with Gasteiger partial charge in [0, 0.05) is 0 Å². The van der Waals surface area contributed by atoms with Crippen molar-refractivity contribution in [2.75, 3.05) is 6.67 Å². The third-order valence-electron chi connectivity index (χ3n) is 1.86. The highest BCUT2D eigenvalue weighted by atomic mass is 19.1. The molecule has 11 heavy (non-hydrogen) atoms. The van der Waals surface area contributed by atoms with Crippen LogP contribution in [0.2, 0.25) is 0 Å². The summed E-state index contributed by atoms with van der Waals surface area (Å²) >= 11 is 0. The first-order chi connectivity index (χ1) is 5.12. The van der Waals surface area contributed by atoms with Crippen LogP contribution in [0.4, 0.5) is 4.39 Å². The highest BCUT2D eigenvalue weighted by Crippen LogP contribution is 2.15. The van der Waals surface area contributed by atoms with Crippen LogP contribution in [0, 0.1) is 0 Å². The lowest BCUT2D eigenvalue weighted by molar-refractivity contribution is 0.0230. The maximum atomic E-state index is 12.0. The Balaban J connectivity index is 3.23. The number of hydrogen-bond acceptors (Lipinski definition) is 1. The zero-order chi connectivity index (χ0) is 8.74. The van der Waals surface area contributed by atoms with Gasteiger partial charge in [-0.1, -0.05) is 32.6 Å². The van der Waals surface area contributed by atoms with Gasteiger partial charge in [0.1, 0.15) is 6.67 Å². The van der Waals surface area contributed by atoms with Crippen LogP contribution >= 0.6 is 0 Å². The molecule has 1 N–H and O–H groups in total. The zero-order valence-electron chi connectivity index (χ0n) is 7.57.